The van der Waals surface area contributed by atoms with Crippen LogP contribution in [0.3, 0.4) is 0 Å². The summed E-state index contributed by atoms with van der Waals surface area (Å²) in [5.74, 6) is 0. The van der Waals surface area contributed by atoms with Crippen LogP contribution in [0.25, 0.3) is 11.6 Å². The van der Waals surface area contributed by atoms with Crippen molar-refractivity contribution in [2.45, 2.75) is 20.8 Å². The van der Waals surface area contributed by atoms with Crippen molar-refractivity contribution in [3.63, 3.8) is 0 Å². The lowest BCUT2D eigenvalue weighted by atomic mass is 9.84. The molecule has 0 fully saturated rings. The summed E-state index contributed by atoms with van der Waals surface area (Å²) in [7, 11) is 3.98. The summed E-state index contributed by atoms with van der Waals surface area (Å²) in [6.45, 7) is 1.54. The lowest BCUT2D eigenvalue weighted by Crippen LogP contribution is -2.51. The van der Waals surface area contributed by atoms with E-state index in [2.05, 4.69) is 0 Å². The number of halogens is 2. The number of rotatable bonds is 4. The monoisotopic (exact) mass is 455 g/mol. The molecule has 3 aromatic rings. The van der Waals surface area contributed by atoms with Gasteiger partial charge in [0.05, 0.1) is 5.57 Å². The van der Waals surface area contributed by atoms with E-state index in [0.717, 1.165) is 33.5 Å². The molecule has 0 bridgehead atoms. The van der Waals surface area contributed by atoms with E-state index in [0.29, 0.717) is 22.8 Å². The molecule has 34 heavy (non-hydrogen) atoms. The number of anilines is 1. The van der Waals surface area contributed by atoms with Crippen LogP contribution in [0.5, 0.6) is 0 Å². The largest absolute Gasteiger partial charge is 0.737 e. The fourth-order valence-corrected chi connectivity index (χ4v) is 5.17. The maximum atomic E-state index is 16.2. The minimum atomic E-state index is -4.06. The van der Waals surface area contributed by atoms with Crippen LogP contribution in [0.1, 0.15) is 35.0 Å². The van der Waals surface area contributed by atoms with Crippen LogP contribution in [0.2, 0.25) is 0 Å². The average Bonchev–Trinajstić information content (AvgIpc) is 3.30. The molecule has 0 spiro atoms. The minimum absolute atomic E-state index is 0.499. The third kappa shape index (κ3) is 3.36. The van der Waals surface area contributed by atoms with Gasteiger partial charge in [0.25, 0.3) is 0 Å². The highest BCUT2D eigenvalue weighted by molar-refractivity contribution is 6.58. The van der Waals surface area contributed by atoms with Crippen molar-refractivity contribution in [2.75, 3.05) is 19.0 Å². The first kappa shape index (κ1) is 22.1. The van der Waals surface area contributed by atoms with Gasteiger partial charge in [0.15, 0.2) is 11.4 Å². The molecule has 2 aromatic carbocycles. The molecule has 0 amide bonds. The first-order chi connectivity index (χ1) is 16.2. The van der Waals surface area contributed by atoms with Crippen molar-refractivity contribution >= 4 is 30.0 Å². The van der Waals surface area contributed by atoms with E-state index < -0.39 is 6.97 Å². The standard InChI is InChI=1S/C28H28BF2N3/c1-19-17-21(3)33-27(19)26(23-9-7-6-8-10-23)28-20(2)18-25(34(28)29(33,30)31)16-13-22-11-14-24(15-12-22)32(4)5/h6-18H,1-5H3/b16-13+. The number of hydrogen-bond donors (Lipinski definition) is 0. The highest BCUT2D eigenvalue weighted by Crippen LogP contribution is 2.44. The molecular weight excluding hydrogens is 427 g/mol. The van der Waals surface area contributed by atoms with E-state index in [1.165, 1.54) is 8.96 Å². The summed E-state index contributed by atoms with van der Waals surface area (Å²) in [5.41, 5.74) is 7.82. The number of benzene rings is 2. The van der Waals surface area contributed by atoms with Gasteiger partial charge in [-0.2, -0.15) is 0 Å². The number of fused-ring (bicyclic) bond motifs is 2. The van der Waals surface area contributed by atoms with Gasteiger partial charge in [-0.25, -0.2) is 0 Å². The molecule has 0 saturated heterocycles. The van der Waals surface area contributed by atoms with Crippen molar-refractivity contribution in [3.8, 4) is 0 Å². The van der Waals surface area contributed by atoms with Crippen LogP contribution >= 0.6 is 0 Å². The molecule has 0 saturated carbocycles. The minimum Gasteiger partial charge on any atom is -0.393 e. The molecule has 0 aliphatic carbocycles. The number of allylic oxidation sites excluding steroid dienone is 3. The van der Waals surface area contributed by atoms with Gasteiger partial charge < -0.3 is 22.5 Å². The SMILES string of the molecule is CC1=CC(/C=C/c2ccc(N(C)C)cc2)=[N+]2C1=C(c1ccccc1)c1c(C)cc(C)n1[B-]2(F)F. The van der Waals surface area contributed by atoms with Crippen LogP contribution < -0.4 is 4.90 Å². The van der Waals surface area contributed by atoms with Crippen molar-refractivity contribution in [1.29, 1.82) is 0 Å². The van der Waals surface area contributed by atoms with E-state index in [9.17, 15) is 0 Å². The van der Waals surface area contributed by atoms with Crippen LogP contribution in [0, 0.1) is 13.8 Å². The Balaban J connectivity index is 1.72. The zero-order valence-corrected chi connectivity index (χ0v) is 20.2. The molecule has 2 aliphatic heterocycles. The van der Waals surface area contributed by atoms with Gasteiger partial charge in [-0.3, -0.25) is 0 Å². The second kappa shape index (κ2) is 7.98. The molecule has 0 radical (unpaired) electrons. The zero-order valence-electron chi connectivity index (χ0n) is 20.2. The zero-order chi connectivity index (χ0) is 24.2. The number of aromatic nitrogens is 1. The molecule has 2 aliphatic rings. The number of aryl methyl sites for hydroxylation is 2. The quantitative estimate of drug-likeness (QED) is 0.421. The molecular formula is C28H28BF2N3. The number of hydrogen-bond acceptors (Lipinski definition) is 1. The Kier molecular flexibility index (Phi) is 5.20. The predicted octanol–water partition coefficient (Wildman–Crippen LogP) is 6.29. The molecule has 1 aromatic heterocycles. The third-order valence-corrected chi connectivity index (χ3v) is 6.69. The average molecular weight is 455 g/mol. The van der Waals surface area contributed by atoms with E-state index in [4.69, 9.17) is 0 Å². The Morgan fingerprint density at radius 2 is 1.59 bits per heavy atom. The Hall–Kier alpha value is -3.67. The molecule has 6 heteroatoms. The summed E-state index contributed by atoms with van der Waals surface area (Å²) >= 11 is 0. The summed E-state index contributed by atoms with van der Waals surface area (Å²) in [5, 5.41) is 0. The van der Waals surface area contributed by atoms with E-state index in [-0.39, 0.29) is 0 Å². The van der Waals surface area contributed by atoms with Crippen molar-refractivity contribution in [1.82, 2.24) is 4.48 Å². The van der Waals surface area contributed by atoms with Gasteiger partial charge in [-0.1, -0.05) is 42.5 Å². The predicted molar refractivity (Wildman–Crippen MR) is 139 cm³/mol. The topological polar surface area (TPSA) is 11.2 Å². The molecule has 172 valence electrons. The highest BCUT2D eigenvalue weighted by atomic mass is 19.2. The summed E-state index contributed by atoms with van der Waals surface area (Å²) in [4.78, 5) is 2.03. The molecule has 5 rings (SSSR count). The maximum absolute atomic E-state index is 16.2. The van der Waals surface area contributed by atoms with Gasteiger partial charge >= 0.3 is 6.97 Å². The molecule has 0 unspecified atom stereocenters. The molecule has 0 N–H and O–H groups in total. The molecule has 3 nitrogen and oxygen atoms in total. The van der Waals surface area contributed by atoms with Crippen molar-refractivity contribution in [2.24, 2.45) is 0 Å². The van der Waals surface area contributed by atoms with Crippen LogP contribution in [-0.2, 0) is 0 Å². The summed E-state index contributed by atoms with van der Waals surface area (Å²) < 4.78 is 35.0. The van der Waals surface area contributed by atoms with Gasteiger partial charge in [0.2, 0.25) is 0 Å². The van der Waals surface area contributed by atoms with Gasteiger partial charge in [-0.05, 0) is 67.4 Å². The number of nitrogens with zero attached hydrogens (tertiary/aromatic N) is 3. The van der Waals surface area contributed by atoms with Gasteiger partial charge in [-0.15, -0.1) is 0 Å². The van der Waals surface area contributed by atoms with Gasteiger partial charge in [0, 0.05) is 43.2 Å². The normalized spacial score (nSPS) is 16.7. The third-order valence-electron chi connectivity index (χ3n) is 6.69. The first-order valence-corrected chi connectivity index (χ1v) is 11.5. The second-order valence-electron chi connectivity index (χ2n) is 9.31. The van der Waals surface area contributed by atoms with E-state index in [1.807, 2.05) is 106 Å². The van der Waals surface area contributed by atoms with Gasteiger partial charge in [0.1, 0.15) is 0 Å². The van der Waals surface area contributed by atoms with Crippen molar-refractivity contribution < 1.29 is 13.1 Å². The van der Waals surface area contributed by atoms with Crippen molar-refractivity contribution in [3.05, 3.63) is 112 Å². The lowest BCUT2D eigenvalue weighted by molar-refractivity contribution is -0.362. The van der Waals surface area contributed by atoms with Crippen LogP contribution in [-0.4, -0.2) is 35.7 Å². The van der Waals surface area contributed by atoms with Crippen LogP contribution in [0.4, 0.5) is 14.3 Å². The van der Waals surface area contributed by atoms with Crippen LogP contribution in [0.15, 0.2) is 84.1 Å². The molecule has 0 atom stereocenters. The van der Waals surface area contributed by atoms with E-state index >= 15 is 8.63 Å². The lowest BCUT2D eigenvalue weighted by Gasteiger charge is -2.34. The molecule has 3 heterocycles. The summed E-state index contributed by atoms with van der Waals surface area (Å²) in [6, 6.07) is 19.8. The Morgan fingerprint density at radius 3 is 2.24 bits per heavy atom. The highest BCUT2D eigenvalue weighted by Gasteiger charge is 2.55. The first-order valence-electron chi connectivity index (χ1n) is 11.5. The maximum Gasteiger partial charge on any atom is 0.737 e. The smallest absolute Gasteiger partial charge is 0.393 e. The summed E-state index contributed by atoms with van der Waals surface area (Å²) in [6.07, 6.45) is 5.57. The fraction of sp³-hybridized carbons (Fsp3) is 0.179. The second-order valence-corrected chi connectivity index (χ2v) is 9.31. The van der Waals surface area contributed by atoms with E-state index in [1.54, 1.807) is 13.0 Å². The Bertz CT molecular complexity index is 1410. The fourth-order valence-electron chi connectivity index (χ4n) is 5.17. The Labute approximate surface area is 199 Å². The Morgan fingerprint density at radius 1 is 0.912 bits per heavy atom.